The molecule has 0 aliphatic carbocycles. The van der Waals surface area contributed by atoms with Crippen LogP contribution in [0, 0.1) is 0 Å². The summed E-state index contributed by atoms with van der Waals surface area (Å²) in [5.74, 6) is -0.0698. The number of hydrogen-bond donors (Lipinski definition) is 2. The van der Waals surface area contributed by atoms with Gasteiger partial charge in [-0.3, -0.25) is 9.80 Å². The fourth-order valence-electron chi connectivity index (χ4n) is 2.78. The Balaban J connectivity index is 1.51. The molecule has 1 aliphatic heterocycles. The molecule has 0 fully saturated rings. The van der Waals surface area contributed by atoms with Crippen LogP contribution in [0.3, 0.4) is 0 Å². The third kappa shape index (κ3) is 4.45. The first-order chi connectivity index (χ1) is 12.2. The Morgan fingerprint density at radius 3 is 2.40 bits per heavy atom. The number of aliphatic hydroxyl groups excluding tert-OH is 1. The molecule has 2 N–H and O–H groups in total. The molecule has 0 aromatic heterocycles. The highest BCUT2D eigenvalue weighted by Gasteiger charge is 2.13. The highest BCUT2D eigenvalue weighted by molar-refractivity contribution is 5.94. The van der Waals surface area contributed by atoms with Crippen molar-refractivity contribution in [2.24, 2.45) is 5.10 Å². The number of nitrogens with zero attached hydrogens (tertiary/aromatic N) is 2. The van der Waals surface area contributed by atoms with Crippen molar-refractivity contribution in [1.82, 2.24) is 5.32 Å². The molecular formula is C20H23N3O2. The van der Waals surface area contributed by atoms with Gasteiger partial charge in [-0.15, -0.1) is 0 Å². The number of carbonyl (C=O) groups excluding carboxylic acids is 1. The van der Waals surface area contributed by atoms with E-state index in [1.54, 1.807) is 0 Å². The lowest BCUT2D eigenvalue weighted by Gasteiger charge is -2.14. The minimum absolute atomic E-state index is 0.0509. The van der Waals surface area contributed by atoms with Crippen molar-refractivity contribution in [2.75, 3.05) is 18.1 Å². The van der Waals surface area contributed by atoms with E-state index in [1.165, 1.54) is 0 Å². The predicted octanol–water partition coefficient (Wildman–Crippen LogP) is 2.74. The maximum atomic E-state index is 12.2. The normalized spacial score (nSPS) is 13.7. The van der Waals surface area contributed by atoms with Gasteiger partial charge in [0, 0.05) is 30.8 Å². The number of amides is 1. The van der Waals surface area contributed by atoms with Gasteiger partial charge in [-0.25, -0.2) is 0 Å². The number of rotatable bonds is 6. The van der Waals surface area contributed by atoms with Crippen LogP contribution in [0.4, 0.5) is 5.69 Å². The van der Waals surface area contributed by atoms with Crippen LogP contribution >= 0.6 is 0 Å². The molecule has 1 heterocycles. The molecule has 0 spiro atoms. The molecule has 0 radical (unpaired) electrons. The van der Waals surface area contributed by atoms with Crippen LogP contribution in [-0.2, 0) is 13.0 Å². The summed E-state index contributed by atoms with van der Waals surface area (Å²) in [7, 11) is 0. The summed E-state index contributed by atoms with van der Waals surface area (Å²) in [4.78, 5) is 12.2. The van der Waals surface area contributed by atoms with Crippen LogP contribution < -0.4 is 10.3 Å². The predicted molar refractivity (Wildman–Crippen MR) is 99.9 cm³/mol. The van der Waals surface area contributed by atoms with Crippen molar-refractivity contribution < 1.29 is 9.90 Å². The Bertz CT molecular complexity index is 752. The second kappa shape index (κ2) is 7.94. The first-order valence-corrected chi connectivity index (χ1v) is 8.54. The lowest BCUT2D eigenvalue weighted by atomic mass is 10.1. The number of hydrazone groups is 1. The van der Waals surface area contributed by atoms with E-state index in [0.29, 0.717) is 12.1 Å². The van der Waals surface area contributed by atoms with Gasteiger partial charge in [-0.05, 0) is 48.7 Å². The van der Waals surface area contributed by atoms with E-state index in [9.17, 15) is 4.79 Å². The Hall–Kier alpha value is -2.66. The lowest BCUT2D eigenvalue weighted by Crippen LogP contribution is -2.25. The summed E-state index contributed by atoms with van der Waals surface area (Å²) >= 11 is 0. The van der Waals surface area contributed by atoms with Crippen LogP contribution in [0.15, 0.2) is 53.6 Å². The minimum Gasteiger partial charge on any atom is -0.392 e. The van der Waals surface area contributed by atoms with Gasteiger partial charge in [-0.1, -0.05) is 24.3 Å². The molecule has 1 aliphatic rings. The summed E-state index contributed by atoms with van der Waals surface area (Å²) < 4.78 is 0. The van der Waals surface area contributed by atoms with Crippen molar-refractivity contribution in [3.63, 3.8) is 0 Å². The van der Waals surface area contributed by atoms with Crippen molar-refractivity contribution >= 4 is 17.3 Å². The Labute approximate surface area is 148 Å². The molecule has 0 saturated carbocycles. The van der Waals surface area contributed by atoms with Crippen LogP contribution in [0.5, 0.6) is 0 Å². The van der Waals surface area contributed by atoms with Crippen molar-refractivity contribution in [3.8, 4) is 0 Å². The van der Waals surface area contributed by atoms with E-state index >= 15 is 0 Å². The Morgan fingerprint density at radius 1 is 1.12 bits per heavy atom. The zero-order chi connectivity index (χ0) is 17.6. The molecule has 5 heteroatoms. The largest absolute Gasteiger partial charge is 0.392 e. The van der Waals surface area contributed by atoms with E-state index in [1.807, 2.05) is 60.5 Å². The van der Waals surface area contributed by atoms with E-state index < -0.39 is 0 Å². The highest BCUT2D eigenvalue weighted by atomic mass is 16.3. The lowest BCUT2D eigenvalue weighted by molar-refractivity contribution is 0.0954. The second-order valence-electron chi connectivity index (χ2n) is 6.24. The van der Waals surface area contributed by atoms with Gasteiger partial charge in [0.2, 0.25) is 0 Å². The average molecular weight is 337 g/mol. The molecule has 25 heavy (non-hydrogen) atoms. The molecular weight excluding hydrogens is 314 g/mol. The van der Waals surface area contributed by atoms with Gasteiger partial charge >= 0.3 is 0 Å². The first kappa shape index (κ1) is 17.2. The smallest absolute Gasteiger partial charge is 0.251 e. The van der Waals surface area contributed by atoms with E-state index in [-0.39, 0.29) is 12.5 Å². The quantitative estimate of drug-likeness (QED) is 0.852. The molecule has 0 atom stereocenters. The first-order valence-electron chi connectivity index (χ1n) is 8.54. The number of carbonyl (C=O) groups is 1. The summed E-state index contributed by atoms with van der Waals surface area (Å²) in [6.07, 6.45) is 1.75. The Kier molecular flexibility index (Phi) is 5.46. The van der Waals surface area contributed by atoms with Crippen LogP contribution in [0.2, 0.25) is 0 Å². The van der Waals surface area contributed by atoms with Crippen LogP contribution in [0.1, 0.15) is 34.8 Å². The van der Waals surface area contributed by atoms with Gasteiger partial charge in [-0.2, -0.15) is 5.10 Å². The molecule has 1 amide bonds. The molecule has 5 nitrogen and oxygen atoms in total. The molecule has 0 bridgehead atoms. The molecule has 130 valence electrons. The molecule has 3 rings (SSSR count). The zero-order valence-corrected chi connectivity index (χ0v) is 14.4. The van der Waals surface area contributed by atoms with E-state index in [0.717, 1.165) is 41.9 Å². The van der Waals surface area contributed by atoms with Crippen molar-refractivity contribution in [3.05, 3.63) is 65.2 Å². The van der Waals surface area contributed by atoms with Gasteiger partial charge in [0.05, 0.1) is 12.3 Å². The van der Waals surface area contributed by atoms with Crippen molar-refractivity contribution in [1.29, 1.82) is 0 Å². The minimum atomic E-state index is -0.0698. The van der Waals surface area contributed by atoms with Gasteiger partial charge in [0.15, 0.2) is 0 Å². The van der Waals surface area contributed by atoms with Crippen LogP contribution in [0.25, 0.3) is 0 Å². The summed E-state index contributed by atoms with van der Waals surface area (Å²) in [5.41, 5.74) is 4.83. The molecule has 0 saturated heterocycles. The fraction of sp³-hybridized carbons (Fsp3) is 0.300. The second-order valence-corrected chi connectivity index (χ2v) is 6.24. The molecule has 2 aromatic rings. The number of benzene rings is 2. The monoisotopic (exact) mass is 337 g/mol. The zero-order valence-electron chi connectivity index (χ0n) is 14.4. The number of anilines is 1. The topological polar surface area (TPSA) is 64.9 Å². The molecule has 2 aromatic carbocycles. The standard InChI is InChI=1S/C20H23N3O2/c1-15-11-13-23(22-15)19-8-6-18(7-9-19)20(25)21-12-10-16-2-4-17(14-24)5-3-16/h2-9,24H,10-14H2,1H3,(H,21,25). The van der Waals surface area contributed by atoms with Crippen LogP contribution in [-0.4, -0.2) is 29.8 Å². The van der Waals surface area contributed by atoms with Gasteiger partial charge in [0.25, 0.3) is 5.91 Å². The maximum absolute atomic E-state index is 12.2. The third-order valence-electron chi connectivity index (χ3n) is 4.31. The summed E-state index contributed by atoms with van der Waals surface area (Å²) in [6, 6.07) is 15.3. The number of hydrogen-bond acceptors (Lipinski definition) is 4. The van der Waals surface area contributed by atoms with Gasteiger partial charge < -0.3 is 10.4 Å². The Morgan fingerprint density at radius 2 is 1.80 bits per heavy atom. The number of nitrogens with one attached hydrogen (secondary N) is 1. The summed E-state index contributed by atoms with van der Waals surface area (Å²) in [6.45, 7) is 3.55. The van der Waals surface area contributed by atoms with Crippen molar-refractivity contribution in [2.45, 2.75) is 26.4 Å². The highest BCUT2D eigenvalue weighted by Crippen LogP contribution is 2.19. The third-order valence-corrected chi connectivity index (χ3v) is 4.31. The average Bonchev–Trinajstić information content (AvgIpc) is 3.09. The maximum Gasteiger partial charge on any atom is 0.251 e. The van der Waals surface area contributed by atoms with Gasteiger partial charge in [0.1, 0.15) is 0 Å². The summed E-state index contributed by atoms with van der Waals surface area (Å²) in [5, 5.41) is 18.4. The SMILES string of the molecule is CC1=NN(c2ccc(C(=O)NCCc3ccc(CO)cc3)cc2)CC1. The van der Waals surface area contributed by atoms with E-state index in [2.05, 4.69) is 10.4 Å². The number of aliphatic hydroxyl groups is 1. The molecule has 0 unspecified atom stereocenters. The van der Waals surface area contributed by atoms with E-state index in [4.69, 9.17) is 5.11 Å². The fourth-order valence-corrected chi connectivity index (χ4v) is 2.78.